The molecule has 5 nitrogen and oxygen atoms in total. The number of halogens is 1. The lowest BCUT2D eigenvalue weighted by Crippen LogP contribution is -2.38. The number of ketones is 1. The molecule has 0 saturated heterocycles. The Bertz CT molecular complexity index is 460. The Balaban J connectivity index is 2.15. The van der Waals surface area contributed by atoms with Crippen molar-refractivity contribution in [2.45, 2.75) is 12.8 Å². The molecular formula is C13H16BrNO4. The molecule has 1 aliphatic carbocycles. The summed E-state index contributed by atoms with van der Waals surface area (Å²) in [5.74, 6) is -0.427. The molecule has 0 aromatic rings. The highest BCUT2D eigenvalue weighted by atomic mass is 79.9. The maximum atomic E-state index is 11.9. The van der Waals surface area contributed by atoms with Crippen molar-refractivity contribution in [3.63, 3.8) is 0 Å². The molecule has 1 fully saturated rings. The molecule has 1 heterocycles. The van der Waals surface area contributed by atoms with Crippen molar-refractivity contribution in [1.82, 2.24) is 4.90 Å². The average molecular weight is 330 g/mol. The minimum atomic E-state index is -0.412. The van der Waals surface area contributed by atoms with E-state index in [0.29, 0.717) is 18.5 Å². The van der Waals surface area contributed by atoms with Crippen molar-refractivity contribution < 1.29 is 19.8 Å². The Morgan fingerprint density at radius 1 is 1.47 bits per heavy atom. The minimum Gasteiger partial charge on any atom is -0.396 e. The summed E-state index contributed by atoms with van der Waals surface area (Å²) in [7, 11) is 0. The van der Waals surface area contributed by atoms with Gasteiger partial charge < -0.3 is 15.1 Å². The normalized spacial score (nSPS) is 31.0. The van der Waals surface area contributed by atoms with Gasteiger partial charge in [0.15, 0.2) is 5.78 Å². The predicted molar refractivity (Wildman–Crippen MR) is 72.2 cm³/mol. The lowest BCUT2D eigenvalue weighted by Gasteiger charge is -2.27. The van der Waals surface area contributed by atoms with Crippen molar-refractivity contribution in [3.8, 4) is 0 Å². The summed E-state index contributed by atoms with van der Waals surface area (Å²) in [5, 5.41) is 18.6. The van der Waals surface area contributed by atoms with E-state index in [1.165, 1.54) is 11.1 Å². The summed E-state index contributed by atoms with van der Waals surface area (Å²) in [6, 6.07) is 0. The Kier molecular flexibility index (Phi) is 4.23. The zero-order chi connectivity index (χ0) is 14.0. The molecule has 0 aromatic carbocycles. The molecule has 6 heteroatoms. The third-order valence-corrected chi connectivity index (χ3v) is 4.14. The molecule has 2 unspecified atom stereocenters. The first kappa shape index (κ1) is 14.4. The van der Waals surface area contributed by atoms with E-state index < -0.39 is 5.41 Å². The number of carbonyl (C=O) groups excluding carboxylic acids is 2. The van der Waals surface area contributed by atoms with E-state index in [-0.39, 0.29) is 37.2 Å². The van der Waals surface area contributed by atoms with Crippen LogP contribution in [0.3, 0.4) is 0 Å². The van der Waals surface area contributed by atoms with Crippen molar-refractivity contribution in [2.75, 3.05) is 19.8 Å². The molecule has 2 N–H and O–H groups in total. The first-order valence-electron chi connectivity index (χ1n) is 6.09. The third-order valence-electron chi connectivity index (χ3n) is 3.87. The molecular weight excluding hydrogens is 314 g/mol. The van der Waals surface area contributed by atoms with Crippen LogP contribution >= 0.6 is 15.9 Å². The standard InChI is InChI=1S/C13H16BrNO4/c14-2-1-9-5-15(12(19)3-11(9)18)7-13(8-17)4-10(13)6-16/h1-2,5,10,16-17H,3-4,6-8H2. The van der Waals surface area contributed by atoms with E-state index >= 15 is 0 Å². The molecule has 1 aliphatic heterocycles. The van der Waals surface area contributed by atoms with Crippen LogP contribution < -0.4 is 0 Å². The fourth-order valence-electron chi connectivity index (χ4n) is 2.46. The number of hydrogen-bond donors (Lipinski definition) is 2. The van der Waals surface area contributed by atoms with Gasteiger partial charge in [-0.3, -0.25) is 9.59 Å². The number of hydrogen-bond acceptors (Lipinski definition) is 4. The molecule has 0 bridgehead atoms. The first-order valence-corrected chi connectivity index (χ1v) is 7.01. The van der Waals surface area contributed by atoms with Crippen LogP contribution in [0.15, 0.2) is 22.8 Å². The fourth-order valence-corrected chi connectivity index (χ4v) is 2.74. The summed E-state index contributed by atoms with van der Waals surface area (Å²) in [6.07, 6.45) is 3.68. The highest BCUT2D eigenvalue weighted by molar-refractivity contribution is 9.11. The van der Waals surface area contributed by atoms with Crippen LogP contribution in [-0.4, -0.2) is 46.6 Å². The third kappa shape index (κ3) is 2.80. The van der Waals surface area contributed by atoms with Crippen molar-refractivity contribution >= 4 is 27.6 Å². The van der Waals surface area contributed by atoms with Gasteiger partial charge in [0.1, 0.15) is 0 Å². The SMILES string of the molecule is O=C1CC(=O)N(CC2(CO)CC2CO)C=C1C=CBr. The van der Waals surface area contributed by atoms with Crippen LogP contribution in [-0.2, 0) is 9.59 Å². The van der Waals surface area contributed by atoms with E-state index in [1.54, 1.807) is 11.1 Å². The van der Waals surface area contributed by atoms with E-state index in [9.17, 15) is 14.7 Å². The lowest BCUT2D eigenvalue weighted by atomic mass is 10.0. The van der Waals surface area contributed by atoms with Gasteiger partial charge in [-0.05, 0) is 23.4 Å². The molecule has 2 aliphatic rings. The van der Waals surface area contributed by atoms with Gasteiger partial charge in [0.2, 0.25) is 5.91 Å². The van der Waals surface area contributed by atoms with E-state index in [2.05, 4.69) is 15.9 Å². The van der Waals surface area contributed by atoms with Crippen molar-refractivity contribution in [1.29, 1.82) is 0 Å². The lowest BCUT2D eigenvalue weighted by molar-refractivity contribution is -0.134. The quantitative estimate of drug-likeness (QED) is 0.723. The fraction of sp³-hybridized carbons (Fsp3) is 0.538. The number of aliphatic hydroxyl groups is 2. The number of carbonyl (C=O) groups is 2. The van der Waals surface area contributed by atoms with Gasteiger partial charge in [0.25, 0.3) is 0 Å². The highest BCUT2D eigenvalue weighted by Gasteiger charge is 2.54. The highest BCUT2D eigenvalue weighted by Crippen LogP contribution is 2.52. The van der Waals surface area contributed by atoms with Crippen LogP contribution in [0, 0.1) is 11.3 Å². The Morgan fingerprint density at radius 3 is 2.74 bits per heavy atom. The Hall–Kier alpha value is -0.980. The number of Topliss-reactive ketones (excluding diaryl/α,β-unsaturated/α-hetero) is 1. The largest absolute Gasteiger partial charge is 0.396 e. The van der Waals surface area contributed by atoms with Crippen molar-refractivity contribution in [3.05, 3.63) is 22.8 Å². The van der Waals surface area contributed by atoms with Crippen LogP contribution in [0.25, 0.3) is 0 Å². The number of aliphatic hydroxyl groups excluding tert-OH is 2. The maximum absolute atomic E-state index is 11.9. The molecule has 1 saturated carbocycles. The van der Waals surface area contributed by atoms with Gasteiger partial charge in [-0.15, -0.1) is 0 Å². The second-order valence-electron chi connectivity index (χ2n) is 5.10. The van der Waals surface area contributed by atoms with Crippen molar-refractivity contribution in [2.24, 2.45) is 11.3 Å². The van der Waals surface area contributed by atoms with Crippen LogP contribution in [0.1, 0.15) is 12.8 Å². The summed E-state index contributed by atoms with van der Waals surface area (Å²) < 4.78 is 0. The topological polar surface area (TPSA) is 77.8 Å². The van der Waals surface area contributed by atoms with Gasteiger partial charge in [0, 0.05) is 30.3 Å². The molecule has 0 spiro atoms. The smallest absolute Gasteiger partial charge is 0.234 e. The van der Waals surface area contributed by atoms with Crippen LogP contribution in [0.5, 0.6) is 0 Å². The van der Waals surface area contributed by atoms with Gasteiger partial charge in [-0.2, -0.15) is 0 Å². The van der Waals surface area contributed by atoms with E-state index in [4.69, 9.17) is 5.11 Å². The first-order chi connectivity index (χ1) is 9.06. The van der Waals surface area contributed by atoms with Gasteiger partial charge >= 0.3 is 0 Å². The number of rotatable bonds is 5. The van der Waals surface area contributed by atoms with E-state index in [1.807, 2.05) is 0 Å². The molecule has 2 rings (SSSR count). The Labute approximate surface area is 119 Å². The van der Waals surface area contributed by atoms with Crippen LogP contribution in [0.4, 0.5) is 0 Å². The summed E-state index contributed by atoms with van der Waals surface area (Å²) >= 11 is 3.11. The minimum absolute atomic E-state index is 0.0133. The number of amides is 1. The Morgan fingerprint density at radius 2 is 2.21 bits per heavy atom. The average Bonchev–Trinajstić information content (AvgIpc) is 3.09. The van der Waals surface area contributed by atoms with Crippen LogP contribution in [0.2, 0.25) is 0 Å². The number of nitrogens with zero attached hydrogens (tertiary/aromatic N) is 1. The second-order valence-corrected chi connectivity index (χ2v) is 5.63. The predicted octanol–water partition coefficient (Wildman–Crippen LogP) is 0.571. The van der Waals surface area contributed by atoms with Gasteiger partial charge in [-0.1, -0.05) is 15.9 Å². The number of allylic oxidation sites excluding steroid dienone is 2. The molecule has 0 radical (unpaired) electrons. The van der Waals surface area contributed by atoms with Gasteiger partial charge in [-0.25, -0.2) is 0 Å². The zero-order valence-corrected chi connectivity index (χ0v) is 12.0. The zero-order valence-electron chi connectivity index (χ0n) is 10.4. The maximum Gasteiger partial charge on any atom is 0.234 e. The molecule has 2 atom stereocenters. The molecule has 19 heavy (non-hydrogen) atoms. The van der Waals surface area contributed by atoms with Gasteiger partial charge in [0.05, 0.1) is 13.0 Å². The summed E-state index contributed by atoms with van der Waals surface area (Å²) in [4.78, 5) is 26.5. The second kappa shape index (κ2) is 5.56. The molecule has 104 valence electrons. The van der Waals surface area contributed by atoms with E-state index in [0.717, 1.165) is 0 Å². The monoisotopic (exact) mass is 329 g/mol. The summed E-state index contributed by atoms with van der Waals surface area (Å²) in [6.45, 7) is 0.299. The molecule has 1 amide bonds. The summed E-state index contributed by atoms with van der Waals surface area (Å²) in [5.41, 5.74) is 0.0515. The molecule has 0 aromatic heterocycles.